The molecule has 2 atom stereocenters. The Kier molecular flexibility index (Phi) is 9.14. The minimum Gasteiger partial charge on any atom is -0.371 e. The molecule has 59 heavy (non-hydrogen) atoms. The maximum absolute atomic E-state index is 13.7. The number of imide groups is 2. The number of hydrogen-bond acceptors (Lipinski definition) is 9. The predicted octanol–water partition coefficient (Wildman–Crippen LogP) is 5.90. The SMILES string of the molecule is CC1CC2(CCN(c3ccc(C(=O)N4CCC5(CC4)CC(N4Cc6cc7c(cc6C4)C(=O)N(C4CCC(=O)NC4=O)C7=O)C5)cc3)CC2)CN1c1ccc(C#N)c(Cl)c1. The molecular weight excluding hydrogens is 766 g/mol. The fraction of sp³-hybridized carbons (Fsp3) is 0.478. The van der Waals surface area contributed by atoms with E-state index in [1.54, 1.807) is 0 Å². The van der Waals surface area contributed by atoms with Gasteiger partial charge >= 0.3 is 0 Å². The highest BCUT2D eigenvalue weighted by Gasteiger charge is 2.50. The van der Waals surface area contributed by atoms with Gasteiger partial charge in [0.05, 0.1) is 21.7 Å². The molecule has 1 aliphatic carbocycles. The average molecular weight is 814 g/mol. The lowest BCUT2D eigenvalue weighted by Crippen LogP contribution is -2.54. The number of halogens is 1. The van der Waals surface area contributed by atoms with Gasteiger partial charge in [-0.3, -0.25) is 39.1 Å². The fourth-order valence-corrected chi connectivity index (χ4v) is 11.7. The first kappa shape index (κ1) is 38.0. The Morgan fingerprint density at radius 1 is 0.814 bits per heavy atom. The van der Waals surface area contributed by atoms with Crippen LogP contribution >= 0.6 is 11.6 Å². The normalized spacial score (nSPS) is 25.0. The Labute approximate surface area is 349 Å². The number of anilines is 2. The van der Waals surface area contributed by atoms with Crippen LogP contribution in [0.4, 0.5) is 11.4 Å². The molecule has 5 amide bonds. The highest BCUT2D eigenvalue weighted by molar-refractivity contribution is 6.32. The summed E-state index contributed by atoms with van der Waals surface area (Å²) in [7, 11) is 0. The zero-order valence-electron chi connectivity index (χ0n) is 33.3. The molecule has 3 aromatic carbocycles. The largest absolute Gasteiger partial charge is 0.371 e. The third-order valence-corrected chi connectivity index (χ3v) is 15.3. The fourth-order valence-electron chi connectivity index (χ4n) is 11.5. The average Bonchev–Trinajstić information content (AvgIpc) is 3.86. The van der Waals surface area contributed by atoms with E-state index >= 15 is 0 Å². The first-order valence-electron chi connectivity index (χ1n) is 21.1. The zero-order chi connectivity index (χ0) is 40.8. The molecule has 6 heterocycles. The molecule has 12 nitrogen and oxygen atoms in total. The Morgan fingerprint density at radius 3 is 2.05 bits per heavy atom. The first-order chi connectivity index (χ1) is 28.4. The molecule has 0 radical (unpaired) electrons. The van der Waals surface area contributed by atoms with Crippen molar-refractivity contribution in [2.24, 2.45) is 10.8 Å². The smallest absolute Gasteiger partial charge is 0.262 e. The van der Waals surface area contributed by atoms with Gasteiger partial charge in [-0.25, -0.2) is 0 Å². The summed E-state index contributed by atoms with van der Waals surface area (Å²) < 4.78 is 0. The van der Waals surface area contributed by atoms with E-state index in [9.17, 15) is 29.2 Å². The summed E-state index contributed by atoms with van der Waals surface area (Å²) in [5, 5.41) is 12.1. The van der Waals surface area contributed by atoms with Gasteiger partial charge in [-0.2, -0.15) is 5.26 Å². The minimum absolute atomic E-state index is 0.0995. The van der Waals surface area contributed by atoms with Gasteiger partial charge in [0.25, 0.3) is 17.7 Å². The van der Waals surface area contributed by atoms with Gasteiger partial charge in [0, 0.05) is 81.3 Å². The summed E-state index contributed by atoms with van der Waals surface area (Å²) in [6, 6.07) is 19.7. The lowest BCUT2D eigenvalue weighted by molar-refractivity contribution is -0.136. The van der Waals surface area contributed by atoms with Crippen LogP contribution in [0.5, 0.6) is 0 Å². The van der Waals surface area contributed by atoms with E-state index in [-0.39, 0.29) is 35.5 Å². The van der Waals surface area contributed by atoms with E-state index in [0.717, 1.165) is 124 Å². The Hall–Kier alpha value is -5.25. The number of nitrogens with zero attached hydrogens (tertiary/aromatic N) is 6. The molecule has 5 fully saturated rings. The summed E-state index contributed by atoms with van der Waals surface area (Å²) in [5.74, 6) is -1.80. The van der Waals surface area contributed by atoms with Crippen molar-refractivity contribution in [3.8, 4) is 6.07 Å². The number of likely N-dealkylation sites (tertiary alicyclic amines) is 1. The van der Waals surface area contributed by atoms with Gasteiger partial charge in [0.15, 0.2) is 0 Å². The molecule has 2 spiro atoms. The summed E-state index contributed by atoms with van der Waals surface area (Å²) in [6.45, 7) is 8.18. The molecule has 304 valence electrons. The molecule has 13 heteroatoms. The Balaban J connectivity index is 0.695. The van der Waals surface area contributed by atoms with Crippen LogP contribution in [0.2, 0.25) is 5.02 Å². The van der Waals surface area contributed by atoms with Crippen LogP contribution in [0, 0.1) is 22.2 Å². The predicted molar refractivity (Wildman–Crippen MR) is 221 cm³/mol. The van der Waals surface area contributed by atoms with Gasteiger partial charge in [0.2, 0.25) is 11.8 Å². The number of rotatable bonds is 5. The number of carbonyl (C=O) groups excluding carboxylic acids is 5. The summed E-state index contributed by atoms with van der Waals surface area (Å²) in [4.78, 5) is 74.9. The molecule has 1 saturated carbocycles. The molecule has 2 unspecified atom stereocenters. The summed E-state index contributed by atoms with van der Waals surface area (Å²) in [5.41, 5.74) is 6.78. The van der Waals surface area contributed by atoms with E-state index in [2.05, 4.69) is 45.1 Å². The van der Waals surface area contributed by atoms with E-state index in [0.29, 0.717) is 33.8 Å². The van der Waals surface area contributed by atoms with Crippen molar-refractivity contribution in [2.45, 2.75) is 95.9 Å². The van der Waals surface area contributed by atoms with Crippen molar-refractivity contribution in [3.63, 3.8) is 0 Å². The molecule has 4 saturated heterocycles. The van der Waals surface area contributed by atoms with E-state index in [1.165, 1.54) is 0 Å². The molecule has 6 aliphatic heterocycles. The molecule has 1 N–H and O–H groups in total. The van der Waals surface area contributed by atoms with Crippen molar-refractivity contribution < 1.29 is 24.0 Å². The topological polar surface area (TPSA) is 137 Å². The number of fused-ring (bicyclic) bond motifs is 2. The summed E-state index contributed by atoms with van der Waals surface area (Å²) >= 11 is 6.38. The van der Waals surface area contributed by atoms with Gasteiger partial charge in [-0.15, -0.1) is 0 Å². The van der Waals surface area contributed by atoms with Crippen molar-refractivity contribution in [1.29, 1.82) is 5.26 Å². The summed E-state index contributed by atoms with van der Waals surface area (Å²) in [6.07, 6.45) is 7.74. The second-order valence-corrected chi connectivity index (χ2v) is 18.8. The second-order valence-electron chi connectivity index (χ2n) is 18.4. The van der Waals surface area contributed by atoms with E-state index in [4.69, 9.17) is 11.6 Å². The van der Waals surface area contributed by atoms with Gasteiger partial charge in [0.1, 0.15) is 12.1 Å². The molecular formula is C46H48ClN7O5. The molecule has 10 rings (SSSR count). The standard InChI is InChI=1S/C46H48ClN7O5/c1-28-21-46(27-53(28)34-7-4-30(24-48)38(47)20-34)12-14-50(15-13-46)33-5-2-29(3-6-33)42(57)51-16-10-45(11-17-51)22-35(23-45)52-25-31-18-36-37(19-32(31)26-52)44(59)54(43(36)58)39-8-9-40(55)49-41(39)56/h2-7,18-20,28,35,39H,8-17,21-23,25-27H2,1H3,(H,49,55,56). The number of benzene rings is 3. The number of nitriles is 1. The number of piperidine rings is 3. The number of carbonyl (C=O) groups is 5. The zero-order valence-corrected chi connectivity index (χ0v) is 34.1. The number of nitrogens with one attached hydrogen (secondary N) is 1. The van der Waals surface area contributed by atoms with Gasteiger partial charge < -0.3 is 14.7 Å². The maximum atomic E-state index is 13.7. The first-order valence-corrected chi connectivity index (χ1v) is 21.5. The maximum Gasteiger partial charge on any atom is 0.262 e. The van der Waals surface area contributed by atoms with Crippen molar-refractivity contribution in [1.82, 2.24) is 20.0 Å². The van der Waals surface area contributed by atoms with Crippen LogP contribution in [0.3, 0.4) is 0 Å². The van der Waals surface area contributed by atoms with Crippen LogP contribution < -0.4 is 15.1 Å². The second kappa shape index (κ2) is 14.2. The van der Waals surface area contributed by atoms with Gasteiger partial charge in [-0.1, -0.05) is 11.6 Å². The van der Waals surface area contributed by atoms with Crippen molar-refractivity contribution >= 4 is 52.5 Å². The molecule has 7 aliphatic rings. The van der Waals surface area contributed by atoms with Gasteiger partial charge in [-0.05, 0) is 135 Å². The van der Waals surface area contributed by atoms with Crippen LogP contribution in [0.1, 0.15) is 112 Å². The highest BCUT2D eigenvalue weighted by Crippen LogP contribution is 2.53. The van der Waals surface area contributed by atoms with Crippen LogP contribution in [0.15, 0.2) is 54.6 Å². The molecule has 0 bridgehead atoms. The minimum atomic E-state index is -0.961. The third-order valence-electron chi connectivity index (χ3n) is 14.9. The third kappa shape index (κ3) is 6.48. The van der Waals surface area contributed by atoms with E-state index < -0.39 is 23.8 Å². The Morgan fingerprint density at radius 2 is 1.44 bits per heavy atom. The highest BCUT2D eigenvalue weighted by atomic mass is 35.5. The lowest BCUT2D eigenvalue weighted by Gasteiger charge is -2.54. The van der Waals surface area contributed by atoms with Crippen LogP contribution in [0.25, 0.3) is 0 Å². The monoisotopic (exact) mass is 813 g/mol. The number of hydrogen-bond donors (Lipinski definition) is 1. The van der Waals surface area contributed by atoms with Crippen LogP contribution in [-0.4, -0.2) is 95.1 Å². The molecule has 3 aromatic rings. The van der Waals surface area contributed by atoms with E-state index in [1.807, 2.05) is 47.4 Å². The lowest BCUT2D eigenvalue weighted by atomic mass is 9.60. The quantitative estimate of drug-likeness (QED) is 0.313. The molecule has 0 aromatic heterocycles. The van der Waals surface area contributed by atoms with Crippen molar-refractivity contribution in [2.75, 3.05) is 42.5 Å². The van der Waals surface area contributed by atoms with Crippen LogP contribution in [-0.2, 0) is 22.7 Å². The number of amides is 5. The Bertz CT molecular complexity index is 2290. The van der Waals surface area contributed by atoms with Crippen molar-refractivity contribution in [3.05, 3.63) is 93.0 Å².